The van der Waals surface area contributed by atoms with E-state index in [0.29, 0.717) is 27.3 Å². The van der Waals surface area contributed by atoms with Crippen molar-refractivity contribution in [2.45, 2.75) is 26.8 Å². The zero-order valence-corrected chi connectivity index (χ0v) is 18.6. The predicted octanol–water partition coefficient (Wildman–Crippen LogP) is 3.91. The predicted molar refractivity (Wildman–Crippen MR) is 115 cm³/mol. The minimum Gasteiger partial charge on any atom is -0.479 e. The number of halogens is 2. The summed E-state index contributed by atoms with van der Waals surface area (Å²) in [6.45, 7) is 5.68. The molecule has 0 fully saturated rings. The Morgan fingerprint density at radius 1 is 1.31 bits per heavy atom. The van der Waals surface area contributed by atoms with Crippen molar-refractivity contribution in [3.8, 4) is 11.8 Å². The van der Waals surface area contributed by atoms with Gasteiger partial charge in [0, 0.05) is 11.2 Å². The van der Waals surface area contributed by atoms with Gasteiger partial charge in [-0.25, -0.2) is 18.9 Å². The molecule has 9 nitrogen and oxygen atoms in total. The first-order valence-electron chi connectivity index (χ1n) is 9.82. The van der Waals surface area contributed by atoms with E-state index >= 15 is 0 Å². The molecule has 1 aromatic carbocycles. The van der Waals surface area contributed by atoms with Crippen LogP contribution in [-0.4, -0.2) is 49.2 Å². The molecule has 3 heterocycles. The van der Waals surface area contributed by atoms with Crippen LogP contribution in [0.15, 0.2) is 30.6 Å². The van der Waals surface area contributed by atoms with E-state index < -0.39 is 11.8 Å². The maximum absolute atomic E-state index is 13.5. The summed E-state index contributed by atoms with van der Waals surface area (Å²) in [6, 6.07) is 3.88. The van der Waals surface area contributed by atoms with E-state index in [1.165, 1.54) is 36.3 Å². The van der Waals surface area contributed by atoms with Crippen LogP contribution in [0, 0.1) is 12.7 Å². The second-order valence-corrected chi connectivity index (χ2v) is 7.40. The zero-order chi connectivity index (χ0) is 23.0. The SMILES string of the molecule is CCOC(=O)c1cnn(-c2nc(OC)c3c(n2)c(C)nn3[C@@H](C)c2ccc(F)cc2Cl)c1. The molecule has 0 amide bonds. The lowest BCUT2D eigenvalue weighted by Crippen LogP contribution is -2.11. The number of esters is 1. The molecule has 0 unspecified atom stereocenters. The highest BCUT2D eigenvalue weighted by Crippen LogP contribution is 2.33. The van der Waals surface area contributed by atoms with Gasteiger partial charge in [0.05, 0.1) is 37.2 Å². The Kier molecular flexibility index (Phi) is 5.79. The van der Waals surface area contributed by atoms with Gasteiger partial charge in [-0.3, -0.25) is 4.68 Å². The van der Waals surface area contributed by atoms with Crippen molar-refractivity contribution in [2.24, 2.45) is 0 Å². The molecule has 3 aromatic heterocycles. The Balaban J connectivity index is 1.82. The fraction of sp³-hybridized carbons (Fsp3) is 0.286. The molecule has 166 valence electrons. The van der Waals surface area contributed by atoms with Crippen LogP contribution in [0.3, 0.4) is 0 Å². The summed E-state index contributed by atoms with van der Waals surface area (Å²) >= 11 is 6.27. The summed E-state index contributed by atoms with van der Waals surface area (Å²) in [5.74, 6) is -0.427. The van der Waals surface area contributed by atoms with Crippen molar-refractivity contribution in [1.29, 1.82) is 0 Å². The maximum Gasteiger partial charge on any atom is 0.341 e. The highest BCUT2D eigenvalue weighted by molar-refractivity contribution is 6.31. The third kappa shape index (κ3) is 3.77. The molecule has 0 aliphatic carbocycles. The lowest BCUT2D eigenvalue weighted by atomic mass is 10.1. The number of carbonyl (C=O) groups excluding carboxylic acids is 1. The number of nitrogens with zero attached hydrogens (tertiary/aromatic N) is 6. The molecular weight excluding hydrogens is 439 g/mol. The number of hydrogen-bond donors (Lipinski definition) is 0. The molecular formula is C21H20ClFN6O3. The van der Waals surface area contributed by atoms with Crippen LogP contribution in [0.25, 0.3) is 17.0 Å². The fourth-order valence-electron chi connectivity index (χ4n) is 3.39. The topological polar surface area (TPSA) is 96.9 Å². The number of methoxy groups -OCH3 is 1. The van der Waals surface area contributed by atoms with E-state index in [2.05, 4.69) is 20.2 Å². The van der Waals surface area contributed by atoms with Crippen LogP contribution in [0.2, 0.25) is 5.02 Å². The van der Waals surface area contributed by atoms with Gasteiger partial charge in [0.2, 0.25) is 5.88 Å². The highest BCUT2D eigenvalue weighted by atomic mass is 35.5. The molecule has 0 bridgehead atoms. The number of ether oxygens (including phenoxy) is 2. The Hall–Kier alpha value is -3.53. The average molecular weight is 459 g/mol. The van der Waals surface area contributed by atoms with Crippen molar-refractivity contribution in [1.82, 2.24) is 29.5 Å². The van der Waals surface area contributed by atoms with Crippen LogP contribution in [-0.2, 0) is 4.74 Å². The Bertz CT molecular complexity index is 1320. The van der Waals surface area contributed by atoms with E-state index in [4.69, 9.17) is 21.1 Å². The molecule has 0 aliphatic heterocycles. The Morgan fingerprint density at radius 3 is 2.78 bits per heavy atom. The molecule has 11 heteroatoms. The zero-order valence-electron chi connectivity index (χ0n) is 17.8. The Morgan fingerprint density at radius 2 is 2.09 bits per heavy atom. The summed E-state index contributed by atoms with van der Waals surface area (Å²) in [6.07, 6.45) is 2.87. The van der Waals surface area contributed by atoms with Crippen LogP contribution in [0.5, 0.6) is 5.88 Å². The van der Waals surface area contributed by atoms with Gasteiger partial charge in [0.25, 0.3) is 5.95 Å². The largest absolute Gasteiger partial charge is 0.479 e. The summed E-state index contributed by atoms with van der Waals surface area (Å²) in [7, 11) is 1.49. The second-order valence-electron chi connectivity index (χ2n) is 7.00. The first-order chi connectivity index (χ1) is 15.3. The number of carbonyl (C=O) groups is 1. The molecule has 4 aromatic rings. The van der Waals surface area contributed by atoms with Gasteiger partial charge in [-0.1, -0.05) is 17.7 Å². The first-order valence-corrected chi connectivity index (χ1v) is 10.2. The smallest absolute Gasteiger partial charge is 0.341 e. The second kappa shape index (κ2) is 8.54. The van der Waals surface area contributed by atoms with E-state index in [-0.39, 0.29) is 30.0 Å². The van der Waals surface area contributed by atoms with Crippen molar-refractivity contribution in [2.75, 3.05) is 13.7 Å². The molecule has 0 spiro atoms. The quantitative estimate of drug-likeness (QED) is 0.404. The van der Waals surface area contributed by atoms with E-state index in [0.717, 1.165) is 0 Å². The number of fused-ring (bicyclic) bond motifs is 1. The molecule has 0 radical (unpaired) electrons. The third-order valence-electron chi connectivity index (χ3n) is 4.94. The number of rotatable bonds is 6. The van der Waals surface area contributed by atoms with Crippen molar-refractivity contribution in [3.63, 3.8) is 0 Å². The standard InChI is InChI=1S/C21H20ClFN6O3/c1-5-32-20(30)13-9-24-28(10-13)21-25-17-11(2)27-29(18(17)19(26-21)31-4)12(3)15-7-6-14(23)8-16(15)22/h6-10,12H,5H2,1-4H3/t12-/m0/s1. The normalized spacial score (nSPS) is 12.2. The van der Waals surface area contributed by atoms with Crippen molar-refractivity contribution < 1.29 is 18.7 Å². The summed E-state index contributed by atoms with van der Waals surface area (Å²) in [5.41, 5.74) is 2.70. The lowest BCUT2D eigenvalue weighted by Gasteiger charge is -2.16. The van der Waals surface area contributed by atoms with Crippen LogP contribution in [0.1, 0.15) is 41.5 Å². The molecule has 0 N–H and O–H groups in total. The lowest BCUT2D eigenvalue weighted by molar-refractivity contribution is 0.0526. The molecule has 4 rings (SSSR count). The summed E-state index contributed by atoms with van der Waals surface area (Å²) < 4.78 is 27.1. The van der Waals surface area contributed by atoms with Crippen molar-refractivity contribution >= 4 is 28.6 Å². The van der Waals surface area contributed by atoms with Crippen LogP contribution < -0.4 is 4.74 Å². The number of aryl methyl sites for hydroxylation is 1. The minimum atomic E-state index is -0.485. The van der Waals surface area contributed by atoms with Crippen LogP contribution in [0.4, 0.5) is 4.39 Å². The van der Waals surface area contributed by atoms with E-state index in [9.17, 15) is 9.18 Å². The number of hydrogen-bond acceptors (Lipinski definition) is 7. The first kappa shape index (κ1) is 21.7. The highest BCUT2D eigenvalue weighted by Gasteiger charge is 2.23. The van der Waals surface area contributed by atoms with Gasteiger partial charge in [-0.05, 0) is 38.5 Å². The summed E-state index contributed by atoms with van der Waals surface area (Å²) in [4.78, 5) is 21.0. The van der Waals surface area contributed by atoms with Gasteiger partial charge in [0.15, 0.2) is 0 Å². The average Bonchev–Trinajstić information content (AvgIpc) is 3.38. The van der Waals surface area contributed by atoms with E-state index in [1.54, 1.807) is 24.6 Å². The van der Waals surface area contributed by atoms with Crippen molar-refractivity contribution in [3.05, 3.63) is 58.3 Å². The monoisotopic (exact) mass is 458 g/mol. The number of benzene rings is 1. The molecule has 0 aliphatic rings. The van der Waals surface area contributed by atoms with Crippen LogP contribution >= 0.6 is 11.6 Å². The van der Waals surface area contributed by atoms with Gasteiger partial charge < -0.3 is 9.47 Å². The van der Waals surface area contributed by atoms with Gasteiger partial charge in [-0.2, -0.15) is 15.2 Å². The fourth-order valence-corrected chi connectivity index (χ4v) is 3.71. The van der Waals surface area contributed by atoms with Gasteiger partial charge in [0.1, 0.15) is 16.9 Å². The Labute approximate surface area is 187 Å². The molecule has 32 heavy (non-hydrogen) atoms. The number of aromatic nitrogens is 6. The molecule has 1 atom stereocenters. The third-order valence-corrected chi connectivity index (χ3v) is 5.27. The minimum absolute atomic E-state index is 0.208. The van der Waals surface area contributed by atoms with Gasteiger partial charge >= 0.3 is 5.97 Å². The summed E-state index contributed by atoms with van der Waals surface area (Å²) in [5, 5.41) is 9.06. The molecule has 0 saturated carbocycles. The van der Waals surface area contributed by atoms with E-state index in [1.807, 2.05) is 6.92 Å². The van der Waals surface area contributed by atoms with Gasteiger partial charge in [-0.15, -0.1) is 0 Å². The molecule has 0 saturated heterocycles. The maximum atomic E-state index is 13.5.